The molecule has 0 radical (unpaired) electrons. The van der Waals surface area contributed by atoms with Crippen molar-refractivity contribution in [2.24, 2.45) is 5.92 Å². The molecule has 0 N–H and O–H groups in total. The predicted octanol–water partition coefficient (Wildman–Crippen LogP) is 3.01. The van der Waals surface area contributed by atoms with Crippen LogP contribution in [0.1, 0.15) is 19.4 Å². The van der Waals surface area contributed by atoms with Crippen molar-refractivity contribution in [3.63, 3.8) is 0 Å². The second kappa shape index (κ2) is 5.99. The number of nitrogens with zero attached hydrogens (tertiary/aromatic N) is 1. The highest BCUT2D eigenvalue weighted by molar-refractivity contribution is 7.94. The van der Waals surface area contributed by atoms with Gasteiger partial charge < -0.3 is 4.90 Å². The fourth-order valence-corrected chi connectivity index (χ4v) is 3.58. The molecule has 1 unspecified atom stereocenters. The van der Waals surface area contributed by atoms with Gasteiger partial charge in [0, 0.05) is 17.0 Å². The summed E-state index contributed by atoms with van der Waals surface area (Å²) in [5.41, 5.74) is -0.855. The van der Waals surface area contributed by atoms with Crippen LogP contribution in [-0.4, -0.2) is 26.1 Å². The lowest BCUT2D eigenvalue weighted by Gasteiger charge is -2.29. The molecule has 1 amide bonds. The fraction of sp³-hybridized carbons (Fsp3) is 0.400. The minimum absolute atomic E-state index is 0.0327. The Labute approximate surface area is 132 Å². The number of amides is 1. The standard InChI is InChI=1S/C15H16F3NO3S/c1-10(2)14(20)19(13-6-7-23(21,22)9-13)12-5-3-4-11(8-12)15(16,17)18/h3-8,10,13H,9H2,1-2H3. The van der Waals surface area contributed by atoms with E-state index in [1.807, 2.05) is 0 Å². The van der Waals surface area contributed by atoms with Crippen molar-refractivity contribution >= 4 is 21.4 Å². The Morgan fingerprint density at radius 1 is 1.30 bits per heavy atom. The van der Waals surface area contributed by atoms with Gasteiger partial charge in [0.25, 0.3) is 0 Å². The van der Waals surface area contributed by atoms with Crippen molar-refractivity contribution < 1.29 is 26.4 Å². The van der Waals surface area contributed by atoms with Gasteiger partial charge in [0.2, 0.25) is 5.91 Å². The van der Waals surface area contributed by atoms with Gasteiger partial charge in [-0.25, -0.2) is 8.42 Å². The molecule has 4 nitrogen and oxygen atoms in total. The molecule has 1 aromatic rings. The van der Waals surface area contributed by atoms with Crippen molar-refractivity contribution in [1.82, 2.24) is 0 Å². The second-order valence-corrected chi connectivity index (χ2v) is 7.57. The maximum absolute atomic E-state index is 12.9. The van der Waals surface area contributed by atoms with Crippen LogP contribution in [0.2, 0.25) is 0 Å². The molecule has 1 aliphatic rings. The number of carbonyl (C=O) groups excluding carboxylic acids is 1. The van der Waals surface area contributed by atoms with Gasteiger partial charge in [0.1, 0.15) is 0 Å². The van der Waals surface area contributed by atoms with E-state index in [-0.39, 0.29) is 11.4 Å². The van der Waals surface area contributed by atoms with Crippen LogP contribution in [0.5, 0.6) is 0 Å². The number of anilines is 1. The summed E-state index contributed by atoms with van der Waals surface area (Å²) in [6, 6.07) is 3.53. The summed E-state index contributed by atoms with van der Waals surface area (Å²) in [7, 11) is -3.44. The zero-order valence-corrected chi connectivity index (χ0v) is 13.4. The van der Waals surface area contributed by atoms with Gasteiger partial charge in [-0.05, 0) is 24.3 Å². The van der Waals surface area contributed by atoms with Gasteiger partial charge in [0.15, 0.2) is 9.84 Å². The Morgan fingerprint density at radius 2 is 1.96 bits per heavy atom. The van der Waals surface area contributed by atoms with Crippen molar-refractivity contribution in [1.29, 1.82) is 0 Å². The number of hydrogen-bond acceptors (Lipinski definition) is 3. The quantitative estimate of drug-likeness (QED) is 0.845. The first-order valence-electron chi connectivity index (χ1n) is 6.92. The molecule has 1 aliphatic heterocycles. The summed E-state index contributed by atoms with van der Waals surface area (Å²) in [6.45, 7) is 3.21. The van der Waals surface area contributed by atoms with Crippen LogP contribution in [0.25, 0.3) is 0 Å². The second-order valence-electron chi connectivity index (χ2n) is 5.64. The van der Waals surface area contributed by atoms with E-state index in [0.29, 0.717) is 0 Å². The molecule has 0 fully saturated rings. The van der Waals surface area contributed by atoms with Crippen molar-refractivity contribution in [2.45, 2.75) is 26.1 Å². The molecule has 8 heteroatoms. The van der Waals surface area contributed by atoms with Gasteiger partial charge in [-0.3, -0.25) is 4.79 Å². The molecule has 126 valence electrons. The lowest BCUT2D eigenvalue weighted by molar-refractivity contribution is -0.137. The van der Waals surface area contributed by atoms with Gasteiger partial charge in [-0.1, -0.05) is 19.9 Å². The zero-order valence-electron chi connectivity index (χ0n) is 12.5. The topological polar surface area (TPSA) is 54.5 Å². The number of sulfone groups is 1. The normalized spacial score (nSPS) is 20.0. The van der Waals surface area contributed by atoms with Gasteiger partial charge in [0.05, 0.1) is 17.4 Å². The molecular weight excluding hydrogens is 331 g/mol. The SMILES string of the molecule is CC(C)C(=O)N(c1cccc(C(F)(F)F)c1)C1C=CS(=O)(=O)C1. The van der Waals surface area contributed by atoms with E-state index in [2.05, 4.69) is 0 Å². The fourth-order valence-electron chi connectivity index (χ4n) is 2.31. The third-order valence-electron chi connectivity index (χ3n) is 3.43. The summed E-state index contributed by atoms with van der Waals surface area (Å²) in [5.74, 6) is -1.25. The van der Waals surface area contributed by atoms with Gasteiger partial charge in [-0.2, -0.15) is 13.2 Å². The minimum atomic E-state index is -4.54. The molecule has 1 atom stereocenters. The Balaban J connectivity index is 2.47. The molecule has 0 aliphatic carbocycles. The lowest BCUT2D eigenvalue weighted by Crippen LogP contribution is -2.43. The average Bonchev–Trinajstić information content (AvgIpc) is 2.78. The van der Waals surface area contributed by atoms with Gasteiger partial charge >= 0.3 is 6.18 Å². The summed E-state index contributed by atoms with van der Waals surface area (Å²) < 4.78 is 61.8. The van der Waals surface area contributed by atoms with E-state index in [4.69, 9.17) is 0 Å². The first-order chi connectivity index (χ1) is 10.5. The van der Waals surface area contributed by atoms with Crippen molar-refractivity contribution in [3.05, 3.63) is 41.3 Å². The number of hydrogen-bond donors (Lipinski definition) is 0. The largest absolute Gasteiger partial charge is 0.416 e. The van der Waals surface area contributed by atoms with Gasteiger partial charge in [-0.15, -0.1) is 0 Å². The van der Waals surface area contributed by atoms with Crippen LogP contribution >= 0.6 is 0 Å². The maximum Gasteiger partial charge on any atom is 0.416 e. The molecule has 1 heterocycles. The molecule has 0 saturated carbocycles. The maximum atomic E-state index is 12.9. The molecule has 0 saturated heterocycles. The summed E-state index contributed by atoms with van der Waals surface area (Å²) >= 11 is 0. The van der Waals surface area contributed by atoms with Crippen LogP contribution in [0.4, 0.5) is 18.9 Å². The first kappa shape index (κ1) is 17.5. The van der Waals surface area contributed by atoms with E-state index in [1.54, 1.807) is 13.8 Å². The van der Waals surface area contributed by atoms with Crippen LogP contribution in [0.15, 0.2) is 35.7 Å². The van der Waals surface area contributed by atoms with Crippen LogP contribution in [0.3, 0.4) is 0 Å². The van der Waals surface area contributed by atoms with E-state index in [9.17, 15) is 26.4 Å². The van der Waals surface area contributed by atoms with Crippen molar-refractivity contribution in [3.8, 4) is 0 Å². The molecule has 0 aromatic heterocycles. The molecule has 0 bridgehead atoms. The average molecular weight is 347 g/mol. The Bertz CT molecular complexity index is 739. The monoisotopic (exact) mass is 347 g/mol. The van der Waals surface area contributed by atoms with E-state index < -0.39 is 39.4 Å². The molecule has 23 heavy (non-hydrogen) atoms. The third-order valence-corrected chi connectivity index (χ3v) is 4.80. The molecule has 0 spiro atoms. The molecule has 1 aromatic carbocycles. The first-order valence-corrected chi connectivity index (χ1v) is 8.64. The summed E-state index contributed by atoms with van der Waals surface area (Å²) in [6.07, 6.45) is -3.21. The molecular formula is C15H16F3NO3S. The molecule has 2 rings (SSSR count). The van der Waals surface area contributed by atoms with E-state index >= 15 is 0 Å². The highest BCUT2D eigenvalue weighted by Gasteiger charge is 2.35. The summed E-state index contributed by atoms with van der Waals surface area (Å²) in [5, 5.41) is 0.992. The number of alkyl halides is 3. The van der Waals surface area contributed by atoms with Crippen LogP contribution < -0.4 is 4.90 Å². The van der Waals surface area contributed by atoms with Crippen molar-refractivity contribution in [2.75, 3.05) is 10.7 Å². The number of carbonyl (C=O) groups is 1. The van der Waals surface area contributed by atoms with Crippen LogP contribution in [0, 0.1) is 5.92 Å². The highest BCUT2D eigenvalue weighted by atomic mass is 32.2. The number of benzene rings is 1. The Morgan fingerprint density at radius 3 is 2.43 bits per heavy atom. The van der Waals surface area contributed by atoms with E-state index in [1.165, 1.54) is 18.2 Å². The summed E-state index contributed by atoms with van der Waals surface area (Å²) in [4.78, 5) is 13.5. The highest BCUT2D eigenvalue weighted by Crippen LogP contribution is 2.33. The Hall–Kier alpha value is -1.83. The lowest BCUT2D eigenvalue weighted by atomic mass is 10.1. The van der Waals surface area contributed by atoms with E-state index in [0.717, 1.165) is 22.4 Å². The predicted molar refractivity (Wildman–Crippen MR) is 80.5 cm³/mol. The van der Waals surface area contributed by atoms with Crippen LogP contribution in [-0.2, 0) is 20.8 Å². The zero-order chi connectivity index (χ0) is 17.4. The smallest absolute Gasteiger partial charge is 0.304 e. The number of rotatable bonds is 3. The minimum Gasteiger partial charge on any atom is -0.304 e. The Kier molecular flexibility index (Phi) is 4.57. The number of halogens is 3. The third kappa shape index (κ3) is 3.93.